The van der Waals surface area contributed by atoms with Crippen LogP contribution < -0.4 is 0 Å². The highest BCUT2D eigenvalue weighted by Crippen LogP contribution is 2.14. The summed E-state index contributed by atoms with van der Waals surface area (Å²) in [4.78, 5) is 37.8. The van der Waals surface area contributed by atoms with E-state index in [1.165, 1.54) is 96.3 Å². The van der Waals surface area contributed by atoms with Crippen LogP contribution in [0.5, 0.6) is 0 Å². The summed E-state index contributed by atoms with van der Waals surface area (Å²) in [6.07, 6.45) is 56.3. The molecule has 0 radical (unpaired) electrons. The number of unbranched alkanes of at least 4 members (excludes halogenated alkanes) is 22. The Morgan fingerprint density at radius 3 is 1.05 bits per heavy atom. The van der Waals surface area contributed by atoms with Crippen LogP contribution >= 0.6 is 0 Å². The first-order valence-electron chi connectivity index (χ1n) is 24.3. The lowest BCUT2D eigenvalue weighted by Crippen LogP contribution is -2.30. The Kier molecular flexibility index (Phi) is 44.5. The van der Waals surface area contributed by atoms with Crippen molar-refractivity contribution in [1.82, 2.24) is 0 Å². The topological polar surface area (TPSA) is 78.9 Å². The molecule has 1 atom stereocenters. The normalized spacial score (nSPS) is 12.5. The molecule has 0 N–H and O–H groups in total. The molecule has 0 aliphatic carbocycles. The monoisotopic (exact) mass is 811 g/mol. The predicted molar refractivity (Wildman–Crippen MR) is 247 cm³/mol. The van der Waals surface area contributed by atoms with Crippen molar-refractivity contribution in [3.63, 3.8) is 0 Å². The van der Waals surface area contributed by atoms with E-state index in [1.807, 2.05) is 0 Å². The molecule has 0 aliphatic heterocycles. The molecule has 0 aromatic carbocycles. The summed E-state index contributed by atoms with van der Waals surface area (Å²) in [5, 5.41) is 0. The number of hydrogen-bond donors (Lipinski definition) is 0. The minimum absolute atomic E-state index is 0.0824. The fourth-order valence-electron chi connectivity index (χ4n) is 6.64. The summed E-state index contributed by atoms with van der Waals surface area (Å²) in [7, 11) is 0. The lowest BCUT2D eigenvalue weighted by Gasteiger charge is -2.18. The third-order valence-corrected chi connectivity index (χ3v) is 10.3. The van der Waals surface area contributed by atoms with Crippen molar-refractivity contribution in [3.8, 4) is 0 Å². The molecule has 6 nitrogen and oxygen atoms in total. The van der Waals surface area contributed by atoms with Crippen molar-refractivity contribution in [1.29, 1.82) is 0 Å². The Morgan fingerprint density at radius 1 is 0.362 bits per heavy atom. The number of carbonyl (C=O) groups is 3. The first kappa shape index (κ1) is 55.1. The van der Waals surface area contributed by atoms with Crippen LogP contribution in [0.2, 0.25) is 0 Å². The van der Waals surface area contributed by atoms with Crippen LogP contribution in [0.4, 0.5) is 0 Å². The van der Waals surface area contributed by atoms with Crippen molar-refractivity contribution in [3.05, 3.63) is 60.8 Å². The van der Waals surface area contributed by atoms with Gasteiger partial charge >= 0.3 is 17.9 Å². The molecule has 0 heterocycles. The van der Waals surface area contributed by atoms with Crippen LogP contribution in [0, 0.1) is 0 Å². The van der Waals surface area contributed by atoms with Crippen molar-refractivity contribution in [2.24, 2.45) is 0 Å². The molecule has 0 spiro atoms. The van der Waals surface area contributed by atoms with Gasteiger partial charge in [-0.15, -0.1) is 0 Å². The highest BCUT2D eigenvalue weighted by Gasteiger charge is 2.19. The van der Waals surface area contributed by atoms with Gasteiger partial charge in [0.2, 0.25) is 0 Å². The second-order valence-electron chi connectivity index (χ2n) is 16.0. The molecular weight excluding hydrogens is 721 g/mol. The summed E-state index contributed by atoms with van der Waals surface area (Å²) in [6.45, 7) is 6.47. The second kappa shape index (κ2) is 46.8. The van der Waals surface area contributed by atoms with E-state index in [4.69, 9.17) is 14.2 Å². The highest BCUT2D eigenvalue weighted by atomic mass is 16.6. The fourth-order valence-corrected chi connectivity index (χ4v) is 6.64. The third-order valence-electron chi connectivity index (χ3n) is 10.3. The van der Waals surface area contributed by atoms with Crippen molar-refractivity contribution < 1.29 is 28.6 Å². The van der Waals surface area contributed by atoms with E-state index in [-0.39, 0.29) is 31.1 Å². The van der Waals surface area contributed by atoms with E-state index >= 15 is 0 Å². The molecule has 58 heavy (non-hydrogen) atoms. The van der Waals surface area contributed by atoms with Crippen LogP contribution in [-0.4, -0.2) is 37.2 Å². The molecular formula is C52H90O6. The quantitative estimate of drug-likeness (QED) is 0.0264. The molecule has 6 heteroatoms. The number of ether oxygens (including phenoxy) is 3. The van der Waals surface area contributed by atoms with Gasteiger partial charge in [-0.25, -0.2) is 0 Å². The van der Waals surface area contributed by atoms with Gasteiger partial charge in [-0.2, -0.15) is 0 Å². The van der Waals surface area contributed by atoms with Gasteiger partial charge in [0.1, 0.15) is 13.2 Å². The smallest absolute Gasteiger partial charge is 0.306 e. The molecule has 0 aromatic rings. The first-order valence-corrected chi connectivity index (χ1v) is 24.3. The van der Waals surface area contributed by atoms with Gasteiger partial charge in [0.05, 0.1) is 0 Å². The van der Waals surface area contributed by atoms with E-state index in [0.717, 1.165) is 96.3 Å². The van der Waals surface area contributed by atoms with Gasteiger partial charge in [-0.3, -0.25) is 14.4 Å². The van der Waals surface area contributed by atoms with E-state index in [0.29, 0.717) is 19.3 Å². The minimum atomic E-state index is -0.781. The van der Waals surface area contributed by atoms with Gasteiger partial charge in [0.15, 0.2) is 6.10 Å². The zero-order chi connectivity index (χ0) is 42.3. The summed E-state index contributed by atoms with van der Waals surface area (Å²) in [6, 6.07) is 0. The van der Waals surface area contributed by atoms with Crippen LogP contribution in [0.3, 0.4) is 0 Å². The SMILES string of the molecule is CC/C=C\C/C=C\C/C=C\C/C=C\C/C=C\CCCCCC(=O)OCC(COC(=O)CCCCCCCCCCC)OC(=O)CCCCCCCCCCCCCC. The third kappa shape index (κ3) is 44.2. The standard InChI is InChI=1S/C52H90O6/c1-4-7-10-13-16-19-21-23-24-25-26-27-28-29-31-33-36-39-42-45-51(54)57-48-49(47-56-50(53)44-41-38-35-32-18-15-12-9-6-3)58-52(55)46-43-40-37-34-30-22-20-17-14-11-8-5-2/h7,10,16,19,23-24,26-27,29,31,49H,4-6,8-9,11-15,17-18,20-22,25,28,30,32-48H2,1-3H3/b10-7-,19-16-,24-23-,27-26-,31-29-. The maximum atomic E-state index is 12.7. The Hall–Kier alpha value is -2.89. The Labute approximate surface area is 358 Å². The number of carbonyl (C=O) groups excluding carboxylic acids is 3. The fraction of sp³-hybridized carbons (Fsp3) is 0.750. The number of esters is 3. The second-order valence-corrected chi connectivity index (χ2v) is 16.0. The van der Waals surface area contributed by atoms with Crippen molar-refractivity contribution in [2.45, 2.75) is 239 Å². The molecule has 1 unspecified atom stereocenters. The zero-order valence-corrected chi connectivity index (χ0v) is 38.0. The molecule has 0 aliphatic rings. The van der Waals surface area contributed by atoms with Crippen LogP contribution in [0.25, 0.3) is 0 Å². The Balaban J connectivity index is 4.37. The molecule has 0 rings (SSSR count). The van der Waals surface area contributed by atoms with Gasteiger partial charge in [0, 0.05) is 19.3 Å². The summed E-state index contributed by atoms with van der Waals surface area (Å²) < 4.78 is 16.7. The van der Waals surface area contributed by atoms with Gasteiger partial charge in [0.25, 0.3) is 0 Å². The molecule has 0 bridgehead atoms. The summed E-state index contributed by atoms with van der Waals surface area (Å²) >= 11 is 0. The molecule has 0 aromatic heterocycles. The average Bonchev–Trinajstić information content (AvgIpc) is 3.22. The number of allylic oxidation sites excluding steroid dienone is 10. The van der Waals surface area contributed by atoms with Crippen LogP contribution in [0.1, 0.15) is 233 Å². The van der Waals surface area contributed by atoms with E-state index in [1.54, 1.807) is 0 Å². The van der Waals surface area contributed by atoms with Crippen molar-refractivity contribution in [2.75, 3.05) is 13.2 Å². The summed E-state index contributed by atoms with van der Waals surface area (Å²) in [5.74, 6) is -0.917. The number of rotatable bonds is 43. The highest BCUT2D eigenvalue weighted by molar-refractivity contribution is 5.71. The van der Waals surface area contributed by atoms with Gasteiger partial charge in [-0.1, -0.05) is 210 Å². The van der Waals surface area contributed by atoms with E-state index in [2.05, 4.69) is 81.5 Å². The molecule has 0 fully saturated rings. The lowest BCUT2D eigenvalue weighted by molar-refractivity contribution is -0.167. The maximum Gasteiger partial charge on any atom is 0.306 e. The first-order chi connectivity index (χ1) is 28.5. The van der Waals surface area contributed by atoms with E-state index in [9.17, 15) is 14.4 Å². The predicted octanol–water partition coefficient (Wildman–Crippen LogP) is 15.7. The Bertz CT molecular complexity index is 1070. The zero-order valence-electron chi connectivity index (χ0n) is 38.0. The van der Waals surface area contributed by atoms with E-state index < -0.39 is 6.10 Å². The van der Waals surface area contributed by atoms with Crippen LogP contribution in [0.15, 0.2) is 60.8 Å². The van der Waals surface area contributed by atoms with Gasteiger partial charge < -0.3 is 14.2 Å². The van der Waals surface area contributed by atoms with Gasteiger partial charge in [-0.05, 0) is 64.2 Å². The van der Waals surface area contributed by atoms with Crippen LogP contribution in [-0.2, 0) is 28.6 Å². The minimum Gasteiger partial charge on any atom is -0.462 e. The summed E-state index contributed by atoms with van der Waals surface area (Å²) in [5.41, 5.74) is 0. The Morgan fingerprint density at radius 2 is 0.672 bits per heavy atom. The molecule has 334 valence electrons. The molecule has 0 saturated carbocycles. The molecule has 0 amide bonds. The molecule has 0 saturated heterocycles. The van der Waals surface area contributed by atoms with Crippen molar-refractivity contribution >= 4 is 17.9 Å². The average molecular weight is 811 g/mol. The lowest BCUT2D eigenvalue weighted by atomic mass is 10.0. The largest absolute Gasteiger partial charge is 0.462 e. The number of hydrogen-bond acceptors (Lipinski definition) is 6. The maximum absolute atomic E-state index is 12.7.